The average molecular weight is 334 g/mol. The van der Waals surface area contributed by atoms with Crippen molar-refractivity contribution in [2.75, 3.05) is 16.8 Å². The van der Waals surface area contributed by atoms with Crippen LogP contribution in [-0.4, -0.2) is 9.97 Å². The summed E-state index contributed by atoms with van der Waals surface area (Å²) in [6, 6.07) is 17.4. The van der Waals surface area contributed by atoms with E-state index in [1.165, 1.54) is 6.33 Å². The molecule has 3 rings (SSSR count). The molecule has 0 saturated carbocycles. The first-order valence-electron chi connectivity index (χ1n) is 8.11. The van der Waals surface area contributed by atoms with Crippen LogP contribution < -0.4 is 22.5 Å². The van der Waals surface area contributed by atoms with Crippen LogP contribution in [0.3, 0.4) is 0 Å². The lowest BCUT2D eigenvalue weighted by atomic mass is 10.00. The molecular formula is C19H22N6. The van der Waals surface area contributed by atoms with Crippen LogP contribution in [0.15, 0.2) is 60.9 Å². The second-order valence-corrected chi connectivity index (χ2v) is 5.92. The van der Waals surface area contributed by atoms with Crippen LogP contribution in [0, 0.1) is 0 Å². The Bertz CT molecular complexity index is 834. The minimum atomic E-state index is -0.332. The molecule has 0 saturated heterocycles. The van der Waals surface area contributed by atoms with Crippen LogP contribution >= 0.6 is 0 Å². The number of hydrogen-bond acceptors (Lipinski definition) is 6. The highest BCUT2D eigenvalue weighted by molar-refractivity contribution is 5.57. The predicted octanol–water partition coefficient (Wildman–Crippen LogP) is 2.50. The van der Waals surface area contributed by atoms with Crippen molar-refractivity contribution < 1.29 is 0 Å². The third-order valence-electron chi connectivity index (χ3n) is 3.99. The molecule has 6 heteroatoms. The topological polar surface area (TPSA) is 116 Å². The molecule has 1 heterocycles. The van der Waals surface area contributed by atoms with Gasteiger partial charge in [-0.15, -0.1) is 0 Å². The summed E-state index contributed by atoms with van der Waals surface area (Å²) in [5.41, 5.74) is 22.0. The molecule has 1 atom stereocenters. The van der Waals surface area contributed by atoms with Gasteiger partial charge in [-0.3, -0.25) is 0 Å². The van der Waals surface area contributed by atoms with Gasteiger partial charge in [-0.25, -0.2) is 9.97 Å². The normalized spacial score (nSPS) is 11.9. The molecule has 7 N–H and O–H groups in total. The van der Waals surface area contributed by atoms with Gasteiger partial charge in [0.25, 0.3) is 0 Å². The molecule has 0 fully saturated rings. The number of hydrogen-bond donors (Lipinski definition) is 4. The first kappa shape index (κ1) is 16.7. The van der Waals surface area contributed by atoms with Gasteiger partial charge in [0, 0.05) is 18.3 Å². The zero-order chi connectivity index (χ0) is 17.6. The SMILES string of the molecule is Nc1cccc(CC(N)c2c(N)ncnc2NCc2ccccc2)c1. The van der Waals surface area contributed by atoms with Gasteiger partial charge in [0.2, 0.25) is 0 Å². The van der Waals surface area contributed by atoms with Crippen molar-refractivity contribution >= 4 is 17.3 Å². The van der Waals surface area contributed by atoms with Gasteiger partial charge < -0.3 is 22.5 Å². The molecule has 0 aliphatic heterocycles. The van der Waals surface area contributed by atoms with Crippen LogP contribution in [0.4, 0.5) is 17.3 Å². The molecule has 0 aliphatic rings. The van der Waals surface area contributed by atoms with Crippen LogP contribution in [0.25, 0.3) is 0 Å². The van der Waals surface area contributed by atoms with E-state index in [2.05, 4.69) is 15.3 Å². The average Bonchev–Trinajstić information content (AvgIpc) is 2.61. The lowest BCUT2D eigenvalue weighted by Gasteiger charge is -2.18. The van der Waals surface area contributed by atoms with Crippen LogP contribution in [-0.2, 0) is 13.0 Å². The van der Waals surface area contributed by atoms with Crippen LogP contribution in [0.5, 0.6) is 0 Å². The molecule has 1 unspecified atom stereocenters. The van der Waals surface area contributed by atoms with Gasteiger partial charge in [0.1, 0.15) is 18.0 Å². The standard InChI is InChI=1S/C19H22N6/c20-15-8-4-7-14(9-15)10-16(21)17-18(22)24-12-25-19(17)23-11-13-5-2-1-3-6-13/h1-9,12,16H,10-11,20-21H2,(H3,22,23,24,25). The Kier molecular flexibility index (Phi) is 5.11. The van der Waals surface area contributed by atoms with Gasteiger partial charge in [-0.05, 0) is 29.7 Å². The maximum Gasteiger partial charge on any atom is 0.136 e. The first-order valence-corrected chi connectivity index (χ1v) is 8.11. The summed E-state index contributed by atoms with van der Waals surface area (Å²) in [7, 11) is 0. The summed E-state index contributed by atoms with van der Waals surface area (Å²) >= 11 is 0. The van der Waals surface area contributed by atoms with Gasteiger partial charge in [0.05, 0.1) is 5.56 Å². The zero-order valence-corrected chi connectivity index (χ0v) is 13.9. The molecule has 1 aromatic heterocycles. The van der Waals surface area contributed by atoms with E-state index < -0.39 is 0 Å². The van der Waals surface area contributed by atoms with E-state index in [0.29, 0.717) is 30.3 Å². The highest BCUT2D eigenvalue weighted by Crippen LogP contribution is 2.27. The first-order chi connectivity index (χ1) is 12.1. The maximum absolute atomic E-state index is 6.41. The van der Waals surface area contributed by atoms with Gasteiger partial charge >= 0.3 is 0 Å². The molecule has 0 amide bonds. The monoisotopic (exact) mass is 334 g/mol. The van der Waals surface area contributed by atoms with E-state index in [0.717, 1.165) is 16.7 Å². The molecular weight excluding hydrogens is 312 g/mol. The Morgan fingerprint density at radius 3 is 2.44 bits per heavy atom. The second-order valence-electron chi connectivity index (χ2n) is 5.92. The molecule has 2 aromatic carbocycles. The van der Waals surface area contributed by atoms with E-state index in [1.54, 1.807) is 0 Å². The summed E-state index contributed by atoms with van der Waals surface area (Å²) in [6.45, 7) is 0.634. The van der Waals surface area contributed by atoms with Crippen LogP contribution in [0.1, 0.15) is 22.7 Å². The number of nitrogens with one attached hydrogen (secondary N) is 1. The Balaban J connectivity index is 1.80. The van der Waals surface area contributed by atoms with E-state index in [9.17, 15) is 0 Å². The van der Waals surface area contributed by atoms with Gasteiger partial charge in [-0.1, -0.05) is 42.5 Å². The molecule has 0 aliphatic carbocycles. The van der Waals surface area contributed by atoms with Crippen LogP contribution in [0.2, 0.25) is 0 Å². The summed E-state index contributed by atoms with van der Waals surface area (Å²) in [6.07, 6.45) is 2.04. The minimum absolute atomic E-state index is 0.332. The minimum Gasteiger partial charge on any atom is -0.399 e. The van der Waals surface area contributed by atoms with Crippen molar-refractivity contribution in [3.8, 4) is 0 Å². The predicted molar refractivity (Wildman–Crippen MR) is 102 cm³/mol. The van der Waals surface area contributed by atoms with E-state index in [4.69, 9.17) is 17.2 Å². The highest BCUT2D eigenvalue weighted by Gasteiger charge is 2.17. The fourth-order valence-corrected chi connectivity index (χ4v) is 2.77. The number of rotatable bonds is 6. The smallest absolute Gasteiger partial charge is 0.136 e. The third kappa shape index (κ3) is 4.24. The lowest BCUT2D eigenvalue weighted by Crippen LogP contribution is -2.19. The number of nitrogens with zero attached hydrogens (tertiary/aromatic N) is 2. The number of benzene rings is 2. The number of aromatic nitrogens is 2. The maximum atomic E-state index is 6.41. The van der Waals surface area contributed by atoms with Gasteiger partial charge in [-0.2, -0.15) is 0 Å². The Morgan fingerprint density at radius 2 is 1.68 bits per heavy atom. The Morgan fingerprint density at radius 1 is 0.920 bits per heavy atom. The summed E-state index contributed by atoms with van der Waals surface area (Å²) < 4.78 is 0. The summed E-state index contributed by atoms with van der Waals surface area (Å²) in [5, 5.41) is 3.31. The quantitative estimate of drug-likeness (QED) is 0.515. The summed E-state index contributed by atoms with van der Waals surface area (Å²) in [5.74, 6) is 1.05. The van der Waals surface area contributed by atoms with E-state index >= 15 is 0 Å². The fraction of sp³-hybridized carbons (Fsp3) is 0.158. The van der Waals surface area contributed by atoms with Crippen molar-refractivity contribution in [3.63, 3.8) is 0 Å². The van der Waals surface area contributed by atoms with Crippen molar-refractivity contribution in [3.05, 3.63) is 77.6 Å². The van der Waals surface area contributed by atoms with E-state index in [-0.39, 0.29) is 6.04 Å². The number of nitrogens with two attached hydrogens (primary N) is 3. The van der Waals surface area contributed by atoms with Crippen molar-refractivity contribution in [1.82, 2.24) is 9.97 Å². The largest absolute Gasteiger partial charge is 0.399 e. The molecule has 6 nitrogen and oxygen atoms in total. The Hall–Kier alpha value is -3.12. The lowest BCUT2D eigenvalue weighted by molar-refractivity contribution is 0.717. The van der Waals surface area contributed by atoms with E-state index in [1.807, 2.05) is 54.6 Å². The van der Waals surface area contributed by atoms with Crippen molar-refractivity contribution in [2.45, 2.75) is 19.0 Å². The molecule has 25 heavy (non-hydrogen) atoms. The Labute approximate surface area is 147 Å². The number of nitrogen functional groups attached to an aromatic ring is 2. The van der Waals surface area contributed by atoms with Crippen molar-refractivity contribution in [1.29, 1.82) is 0 Å². The molecule has 0 bridgehead atoms. The van der Waals surface area contributed by atoms with Crippen molar-refractivity contribution in [2.24, 2.45) is 5.73 Å². The molecule has 128 valence electrons. The molecule has 0 radical (unpaired) electrons. The summed E-state index contributed by atoms with van der Waals surface area (Å²) in [4.78, 5) is 8.42. The molecule has 0 spiro atoms. The second kappa shape index (κ2) is 7.63. The van der Waals surface area contributed by atoms with Gasteiger partial charge in [0.15, 0.2) is 0 Å². The molecule has 3 aromatic rings. The zero-order valence-electron chi connectivity index (χ0n) is 13.9. The third-order valence-corrected chi connectivity index (χ3v) is 3.99. The highest BCUT2D eigenvalue weighted by atomic mass is 15.0. The number of anilines is 3. The fourth-order valence-electron chi connectivity index (χ4n) is 2.77.